The van der Waals surface area contributed by atoms with Gasteiger partial charge >= 0.3 is 0 Å². The smallest absolute Gasteiger partial charge is 0.226 e. The fourth-order valence-electron chi connectivity index (χ4n) is 2.22. The van der Waals surface area contributed by atoms with E-state index in [1.807, 2.05) is 0 Å². The summed E-state index contributed by atoms with van der Waals surface area (Å²) in [4.78, 5) is 12.0. The fourth-order valence-corrected chi connectivity index (χ4v) is 2.55. The van der Waals surface area contributed by atoms with Crippen LogP contribution in [-0.4, -0.2) is 17.3 Å². The molecule has 2 rings (SSSR count). The second-order valence-corrected chi connectivity index (χ2v) is 5.40. The van der Waals surface area contributed by atoms with Gasteiger partial charge in [-0.05, 0) is 25.7 Å². The number of alkyl halides is 1. The minimum atomic E-state index is -0.109. The molecule has 0 unspecified atom stereocenters. The molecule has 1 amide bonds. The Morgan fingerprint density at radius 2 is 1.86 bits per heavy atom. The molecule has 0 radical (unpaired) electrons. The summed E-state index contributed by atoms with van der Waals surface area (Å²) in [5.41, 5.74) is -0.147. The van der Waals surface area contributed by atoms with Gasteiger partial charge in [0.15, 0.2) is 0 Å². The van der Waals surface area contributed by atoms with Gasteiger partial charge in [-0.3, -0.25) is 4.79 Å². The molecule has 3 heteroatoms. The standard InChI is InChI=1S/C11H18ClNO/c1-10(4-2-3-5-10)9(14)13-11(8-12)6-7-11/h2-8H2,1H3,(H,13,14). The first-order valence-corrected chi connectivity index (χ1v) is 6.02. The van der Waals surface area contributed by atoms with E-state index in [1.165, 1.54) is 12.8 Å². The number of rotatable bonds is 3. The predicted molar refractivity (Wildman–Crippen MR) is 57.4 cm³/mol. The second kappa shape index (κ2) is 3.41. The van der Waals surface area contributed by atoms with Gasteiger partial charge in [-0.2, -0.15) is 0 Å². The highest BCUT2D eigenvalue weighted by Crippen LogP contribution is 2.41. The van der Waals surface area contributed by atoms with Gasteiger partial charge in [0, 0.05) is 11.3 Å². The number of carbonyl (C=O) groups is 1. The lowest BCUT2D eigenvalue weighted by atomic mass is 9.87. The molecule has 2 nitrogen and oxygen atoms in total. The Hall–Kier alpha value is -0.240. The monoisotopic (exact) mass is 215 g/mol. The molecule has 0 aliphatic heterocycles. The highest BCUT2D eigenvalue weighted by Gasteiger charge is 2.47. The van der Waals surface area contributed by atoms with Gasteiger partial charge in [-0.15, -0.1) is 11.6 Å². The van der Waals surface area contributed by atoms with E-state index in [2.05, 4.69) is 12.2 Å². The van der Waals surface area contributed by atoms with Crippen molar-refractivity contribution in [2.24, 2.45) is 5.41 Å². The number of amides is 1. The van der Waals surface area contributed by atoms with Crippen molar-refractivity contribution in [1.29, 1.82) is 0 Å². The number of halogens is 1. The maximum atomic E-state index is 12.0. The van der Waals surface area contributed by atoms with Crippen molar-refractivity contribution in [1.82, 2.24) is 5.32 Å². The largest absolute Gasteiger partial charge is 0.349 e. The van der Waals surface area contributed by atoms with Gasteiger partial charge in [0.25, 0.3) is 0 Å². The summed E-state index contributed by atoms with van der Waals surface area (Å²) in [6.07, 6.45) is 6.57. The Bertz CT molecular complexity index is 242. The molecule has 0 aromatic rings. The average Bonchev–Trinajstić information content (AvgIpc) is 2.80. The number of hydrogen-bond acceptors (Lipinski definition) is 1. The van der Waals surface area contributed by atoms with Crippen LogP contribution in [0.4, 0.5) is 0 Å². The number of carbonyl (C=O) groups excluding carboxylic acids is 1. The first-order valence-electron chi connectivity index (χ1n) is 5.49. The lowest BCUT2D eigenvalue weighted by molar-refractivity contribution is -0.130. The van der Waals surface area contributed by atoms with Crippen molar-refractivity contribution < 1.29 is 4.79 Å². The Morgan fingerprint density at radius 3 is 2.29 bits per heavy atom. The van der Waals surface area contributed by atoms with E-state index >= 15 is 0 Å². The molecule has 0 aromatic carbocycles. The third kappa shape index (κ3) is 1.77. The maximum absolute atomic E-state index is 12.0. The lowest BCUT2D eigenvalue weighted by Gasteiger charge is -2.25. The van der Waals surface area contributed by atoms with Crippen molar-refractivity contribution in [3.05, 3.63) is 0 Å². The molecule has 0 bridgehead atoms. The summed E-state index contributed by atoms with van der Waals surface area (Å²) in [7, 11) is 0. The Morgan fingerprint density at radius 1 is 1.29 bits per heavy atom. The topological polar surface area (TPSA) is 29.1 Å². The van der Waals surface area contributed by atoms with Crippen LogP contribution < -0.4 is 5.32 Å². The van der Waals surface area contributed by atoms with Crippen molar-refractivity contribution in [3.8, 4) is 0 Å². The van der Waals surface area contributed by atoms with Crippen LogP contribution in [0.2, 0.25) is 0 Å². The highest BCUT2D eigenvalue weighted by molar-refractivity contribution is 6.19. The molecule has 1 N–H and O–H groups in total. The van der Waals surface area contributed by atoms with E-state index in [1.54, 1.807) is 0 Å². The van der Waals surface area contributed by atoms with Crippen molar-refractivity contribution in [2.75, 3.05) is 5.88 Å². The van der Waals surface area contributed by atoms with E-state index in [9.17, 15) is 4.79 Å². The van der Waals surface area contributed by atoms with Crippen LogP contribution in [0.25, 0.3) is 0 Å². The molecular formula is C11H18ClNO. The Kier molecular flexibility index (Phi) is 2.50. The zero-order chi connectivity index (χ0) is 10.2. The van der Waals surface area contributed by atoms with Crippen LogP contribution in [0.15, 0.2) is 0 Å². The SMILES string of the molecule is CC1(C(=O)NC2(CCl)CC2)CCCC1. The third-order valence-electron chi connectivity index (χ3n) is 3.74. The van der Waals surface area contributed by atoms with Crippen LogP contribution in [0, 0.1) is 5.41 Å². The van der Waals surface area contributed by atoms with Crippen LogP contribution >= 0.6 is 11.6 Å². The summed E-state index contributed by atoms with van der Waals surface area (Å²) < 4.78 is 0. The third-order valence-corrected chi connectivity index (χ3v) is 4.25. The van der Waals surface area contributed by atoms with E-state index in [0.29, 0.717) is 5.88 Å². The quantitative estimate of drug-likeness (QED) is 0.720. The molecule has 2 saturated carbocycles. The molecule has 2 aliphatic carbocycles. The number of nitrogens with one attached hydrogen (secondary N) is 1. The van der Waals surface area contributed by atoms with Crippen LogP contribution in [0.1, 0.15) is 45.4 Å². The van der Waals surface area contributed by atoms with E-state index in [-0.39, 0.29) is 16.9 Å². The van der Waals surface area contributed by atoms with Gasteiger partial charge < -0.3 is 5.32 Å². The normalized spacial score (nSPS) is 27.3. The molecule has 14 heavy (non-hydrogen) atoms. The summed E-state index contributed by atoms with van der Waals surface area (Å²) in [6, 6.07) is 0. The minimum Gasteiger partial charge on any atom is -0.349 e. The predicted octanol–water partition coefficient (Wildman–Crippen LogP) is 2.45. The summed E-state index contributed by atoms with van der Waals surface area (Å²) in [5.74, 6) is 0.794. The molecule has 0 saturated heterocycles. The molecule has 80 valence electrons. The van der Waals surface area contributed by atoms with E-state index in [0.717, 1.165) is 25.7 Å². The molecular weight excluding hydrogens is 198 g/mol. The van der Waals surface area contributed by atoms with E-state index < -0.39 is 0 Å². The lowest BCUT2D eigenvalue weighted by Crippen LogP contribution is -2.45. The van der Waals surface area contributed by atoms with E-state index in [4.69, 9.17) is 11.6 Å². The van der Waals surface area contributed by atoms with Gasteiger partial charge in [-0.25, -0.2) is 0 Å². The Balaban J connectivity index is 1.95. The maximum Gasteiger partial charge on any atom is 0.226 e. The van der Waals surface area contributed by atoms with Crippen molar-refractivity contribution in [3.63, 3.8) is 0 Å². The zero-order valence-corrected chi connectivity index (χ0v) is 9.49. The van der Waals surface area contributed by atoms with Crippen LogP contribution in [0.3, 0.4) is 0 Å². The molecule has 0 heterocycles. The van der Waals surface area contributed by atoms with Gasteiger partial charge in [0.05, 0.1) is 5.54 Å². The zero-order valence-electron chi connectivity index (χ0n) is 8.74. The summed E-state index contributed by atoms with van der Waals surface area (Å²) in [5, 5.41) is 3.13. The van der Waals surface area contributed by atoms with Gasteiger partial charge in [-0.1, -0.05) is 19.8 Å². The molecule has 2 fully saturated rings. The first kappa shape index (κ1) is 10.3. The van der Waals surface area contributed by atoms with Gasteiger partial charge in [0.1, 0.15) is 0 Å². The summed E-state index contributed by atoms with van der Waals surface area (Å²) >= 11 is 5.84. The van der Waals surface area contributed by atoms with Crippen molar-refractivity contribution in [2.45, 2.75) is 51.0 Å². The van der Waals surface area contributed by atoms with Crippen molar-refractivity contribution >= 4 is 17.5 Å². The number of hydrogen-bond donors (Lipinski definition) is 1. The molecule has 0 atom stereocenters. The first-order chi connectivity index (χ1) is 6.60. The Labute approximate surface area is 90.4 Å². The highest BCUT2D eigenvalue weighted by atomic mass is 35.5. The molecule has 2 aliphatic rings. The fraction of sp³-hybridized carbons (Fsp3) is 0.909. The van der Waals surface area contributed by atoms with Gasteiger partial charge in [0.2, 0.25) is 5.91 Å². The van der Waals surface area contributed by atoms with Crippen LogP contribution in [0.5, 0.6) is 0 Å². The van der Waals surface area contributed by atoms with Crippen LogP contribution in [-0.2, 0) is 4.79 Å². The molecule has 0 aromatic heterocycles. The average molecular weight is 216 g/mol. The molecule has 0 spiro atoms. The summed E-state index contributed by atoms with van der Waals surface area (Å²) in [6.45, 7) is 2.08. The minimum absolute atomic E-state index is 0.0375. The second-order valence-electron chi connectivity index (χ2n) is 5.14.